The van der Waals surface area contributed by atoms with Gasteiger partial charge in [0.2, 0.25) is 0 Å². The predicted octanol–water partition coefficient (Wildman–Crippen LogP) is 0.450. The summed E-state index contributed by atoms with van der Waals surface area (Å²) in [5, 5.41) is 4.43. The van der Waals surface area contributed by atoms with Gasteiger partial charge >= 0.3 is 12.0 Å². The summed E-state index contributed by atoms with van der Waals surface area (Å²) in [6, 6.07) is 4.33. The van der Waals surface area contributed by atoms with E-state index in [4.69, 9.17) is 4.74 Å². The highest BCUT2D eigenvalue weighted by molar-refractivity contribution is 6.22. The highest BCUT2D eigenvalue weighted by Gasteiger charge is 2.41. The fourth-order valence-corrected chi connectivity index (χ4v) is 2.37. The van der Waals surface area contributed by atoms with E-state index in [2.05, 4.69) is 5.32 Å². The SMILES string of the molecule is CCCNC(=O)NC(=O)COC(=O)[C@H](C)N1C(=O)c2ccccc2C1=O. The Morgan fingerprint density at radius 2 is 1.69 bits per heavy atom. The molecular formula is C17H19N3O6. The number of carbonyl (C=O) groups excluding carboxylic acids is 5. The number of amides is 5. The van der Waals surface area contributed by atoms with Gasteiger partial charge in [-0.25, -0.2) is 9.59 Å². The maximum absolute atomic E-state index is 12.3. The number of nitrogens with one attached hydrogen (secondary N) is 2. The number of hydrogen-bond acceptors (Lipinski definition) is 6. The van der Waals surface area contributed by atoms with Crippen LogP contribution < -0.4 is 10.6 Å². The van der Waals surface area contributed by atoms with Gasteiger partial charge in [0.1, 0.15) is 6.04 Å². The van der Waals surface area contributed by atoms with E-state index < -0.39 is 42.4 Å². The Labute approximate surface area is 149 Å². The summed E-state index contributed by atoms with van der Waals surface area (Å²) < 4.78 is 4.80. The van der Waals surface area contributed by atoms with E-state index in [1.54, 1.807) is 12.1 Å². The molecule has 2 N–H and O–H groups in total. The molecule has 1 aliphatic heterocycles. The van der Waals surface area contributed by atoms with Gasteiger partial charge in [0, 0.05) is 6.54 Å². The Bertz CT molecular complexity index is 726. The zero-order valence-electron chi connectivity index (χ0n) is 14.4. The van der Waals surface area contributed by atoms with Crippen LogP contribution in [0.25, 0.3) is 0 Å². The number of ether oxygens (including phenoxy) is 1. The fraction of sp³-hybridized carbons (Fsp3) is 0.353. The second kappa shape index (κ2) is 8.24. The summed E-state index contributed by atoms with van der Waals surface area (Å²) in [6.07, 6.45) is 0.703. The normalized spacial score (nSPS) is 13.8. The van der Waals surface area contributed by atoms with Crippen LogP contribution in [0.1, 0.15) is 41.0 Å². The molecule has 1 atom stereocenters. The first-order valence-corrected chi connectivity index (χ1v) is 8.08. The smallest absolute Gasteiger partial charge is 0.329 e. The summed E-state index contributed by atoms with van der Waals surface area (Å²) >= 11 is 0. The third-order valence-corrected chi connectivity index (χ3v) is 3.69. The average Bonchev–Trinajstić information content (AvgIpc) is 2.88. The first kappa shape index (κ1) is 19.1. The fourth-order valence-electron chi connectivity index (χ4n) is 2.37. The Balaban J connectivity index is 1.90. The molecule has 9 heteroatoms. The largest absolute Gasteiger partial charge is 0.454 e. The van der Waals surface area contributed by atoms with E-state index in [0.717, 1.165) is 4.90 Å². The predicted molar refractivity (Wildman–Crippen MR) is 89.2 cm³/mol. The summed E-state index contributed by atoms with van der Waals surface area (Å²) in [4.78, 5) is 60.4. The van der Waals surface area contributed by atoms with Gasteiger partial charge in [0.15, 0.2) is 6.61 Å². The number of nitrogens with zero attached hydrogens (tertiary/aromatic N) is 1. The number of benzene rings is 1. The van der Waals surface area contributed by atoms with E-state index in [9.17, 15) is 24.0 Å². The quantitative estimate of drug-likeness (QED) is 0.560. The molecule has 1 aromatic carbocycles. The van der Waals surface area contributed by atoms with Crippen molar-refractivity contribution >= 4 is 29.7 Å². The van der Waals surface area contributed by atoms with Gasteiger partial charge in [0.05, 0.1) is 11.1 Å². The van der Waals surface area contributed by atoms with Crippen LogP contribution >= 0.6 is 0 Å². The van der Waals surface area contributed by atoms with Crippen LogP contribution in [-0.4, -0.2) is 53.8 Å². The van der Waals surface area contributed by atoms with Crippen molar-refractivity contribution in [2.45, 2.75) is 26.3 Å². The van der Waals surface area contributed by atoms with Crippen LogP contribution in [0.2, 0.25) is 0 Å². The minimum atomic E-state index is -1.20. The lowest BCUT2D eigenvalue weighted by Crippen LogP contribution is -2.45. The monoisotopic (exact) mass is 361 g/mol. The van der Waals surface area contributed by atoms with Crippen molar-refractivity contribution < 1.29 is 28.7 Å². The summed E-state index contributed by atoms with van der Waals surface area (Å²) in [6.45, 7) is 2.88. The third-order valence-electron chi connectivity index (χ3n) is 3.69. The molecule has 26 heavy (non-hydrogen) atoms. The molecule has 0 aromatic heterocycles. The number of urea groups is 1. The number of hydrogen-bond donors (Lipinski definition) is 2. The van der Waals surface area contributed by atoms with E-state index in [1.165, 1.54) is 19.1 Å². The van der Waals surface area contributed by atoms with Crippen molar-refractivity contribution in [2.75, 3.05) is 13.2 Å². The van der Waals surface area contributed by atoms with E-state index in [1.807, 2.05) is 12.2 Å². The molecule has 2 rings (SSSR count). The maximum atomic E-state index is 12.3. The highest BCUT2D eigenvalue weighted by Crippen LogP contribution is 2.24. The van der Waals surface area contributed by atoms with Crippen molar-refractivity contribution in [3.05, 3.63) is 35.4 Å². The zero-order chi connectivity index (χ0) is 19.3. The van der Waals surface area contributed by atoms with E-state index in [0.29, 0.717) is 13.0 Å². The van der Waals surface area contributed by atoms with Gasteiger partial charge in [-0.3, -0.25) is 24.6 Å². The molecule has 0 saturated heterocycles. The first-order valence-electron chi connectivity index (χ1n) is 8.08. The van der Waals surface area contributed by atoms with E-state index >= 15 is 0 Å². The molecule has 0 saturated carbocycles. The van der Waals surface area contributed by atoms with Crippen LogP contribution in [0.4, 0.5) is 4.79 Å². The minimum Gasteiger partial charge on any atom is -0.454 e. The second-order valence-corrected chi connectivity index (χ2v) is 5.61. The second-order valence-electron chi connectivity index (χ2n) is 5.61. The molecule has 0 unspecified atom stereocenters. The summed E-state index contributed by atoms with van der Waals surface area (Å²) in [7, 11) is 0. The zero-order valence-corrected chi connectivity index (χ0v) is 14.4. The Morgan fingerprint density at radius 1 is 1.12 bits per heavy atom. The lowest BCUT2D eigenvalue weighted by Gasteiger charge is -2.20. The van der Waals surface area contributed by atoms with E-state index in [-0.39, 0.29) is 11.1 Å². The molecule has 138 valence electrons. The molecule has 0 radical (unpaired) electrons. The van der Waals surface area contributed by atoms with Crippen LogP contribution in [0.5, 0.6) is 0 Å². The molecule has 1 aromatic rings. The molecule has 0 aliphatic carbocycles. The van der Waals surface area contributed by atoms with Gasteiger partial charge in [0.25, 0.3) is 17.7 Å². The molecular weight excluding hydrogens is 342 g/mol. The number of rotatable bonds is 6. The summed E-state index contributed by atoms with van der Waals surface area (Å²) in [5.41, 5.74) is 0.421. The van der Waals surface area contributed by atoms with Crippen molar-refractivity contribution in [1.29, 1.82) is 0 Å². The molecule has 0 bridgehead atoms. The maximum Gasteiger partial charge on any atom is 0.329 e. The van der Waals surface area contributed by atoms with Crippen LogP contribution in [0.3, 0.4) is 0 Å². The number of imide groups is 2. The summed E-state index contributed by atoms with van der Waals surface area (Å²) in [5.74, 6) is -2.94. The average molecular weight is 361 g/mol. The van der Waals surface area contributed by atoms with Gasteiger partial charge in [-0.05, 0) is 25.5 Å². The van der Waals surface area contributed by atoms with Gasteiger partial charge in [-0.1, -0.05) is 19.1 Å². The molecule has 9 nitrogen and oxygen atoms in total. The van der Waals surface area contributed by atoms with Crippen molar-refractivity contribution in [3.8, 4) is 0 Å². The highest BCUT2D eigenvalue weighted by atomic mass is 16.5. The molecule has 1 aliphatic rings. The Hall–Kier alpha value is -3.23. The molecule has 5 amide bonds. The lowest BCUT2D eigenvalue weighted by atomic mass is 10.1. The van der Waals surface area contributed by atoms with Crippen molar-refractivity contribution in [2.24, 2.45) is 0 Å². The standard InChI is InChI=1S/C17H19N3O6/c1-3-8-18-17(25)19-13(21)9-26-16(24)10(2)20-14(22)11-6-4-5-7-12(11)15(20)23/h4-7,10H,3,8-9H2,1-2H3,(H2,18,19,21,25)/t10-/m0/s1. The van der Waals surface area contributed by atoms with Crippen molar-refractivity contribution in [3.63, 3.8) is 0 Å². The van der Waals surface area contributed by atoms with Gasteiger partial charge in [-0.15, -0.1) is 0 Å². The molecule has 0 fully saturated rings. The minimum absolute atomic E-state index is 0.211. The lowest BCUT2D eigenvalue weighted by molar-refractivity contribution is -0.151. The molecule has 1 heterocycles. The van der Waals surface area contributed by atoms with Crippen molar-refractivity contribution in [1.82, 2.24) is 15.5 Å². The number of carbonyl (C=O) groups is 5. The Morgan fingerprint density at radius 3 is 2.23 bits per heavy atom. The van der Waals surface area contributed by atoms with Crippen LogP contribution in [-0.2, 0) is 14.3 Å². The topological polar surface area (TPSA) is 122 Å². The van der Waals surface area contributed by atoms with Crippen LogP contribution in [0, 0.1) is 0 Å². The Kier molecular flexibility index (Phi) is 6.05. The van der Waals surface area contributed by atoms with Gasteiger partial charge < -0.3 is 10.1 Å². The third kappa shape index (κ3) is 4.05. The van der Waals surface area contributed by atoms with Crippen LogP contribution in [0.15, 0.2) is 24.3 Å². The first-order chi connectivity index (χ1) is 12.4. The number of fused-ring (bicyclic) bond motifs is 1. The number of esters is 1. The molecule has 0 spiro atoms. The van der Waals surface area contributed by atoms with Gasteiger partial charge in [-0.2, -0.15) is 0 Å².